The van der Waals surface area contributed by atoms with Crippen molar-refractivity contribution in [2.45, 2.75) is 0 Å². The predicted octanol–water partition coefficient (Wildman–Crippen LogP) is 2.68. The summed E-state index contributed by atoms with van der Waals surface area (Å²) in [5.74, 6) is -0.383. The zero-order chi connectivity index (χ0) is 20.3. The van der Waals surface area contributed by atoms with Gasteiger partial charge in [-0.3, -0.25) is 14.6 Å². The smallest absolute Gasteiger partial charge is 0.295 e. The lowest BCUT2D eigenvalue weighted by atomic mass is 10.1. The largest absolute Gasteiger partial charge is 0.352 e. The third kappa shape index (κ3) is 4.26. The Labute approximate surface area is 173 Å². The van der Waals surface area contributed by atoms with Crippen LogP contribution in [0, 0.1) is 0 Å². The fourth-order valence-electron chi connectivity index (χ4n) is 2.88. The van der Waals surface area contributed by atoms with E-state index < -0.39 is 11.7 Å². The number of allylic oxidation sites excluding steroid dienone is 1. The number of hydrazone groups is 1. The molecule has 28 heavy (non-hydrogen) atoms. The van der Waals surface area contributed by atoms with Crippen LogP contribution >= 0.6 is 23.2 Å². The maximum atomic E-state index is 12.6. The molecule has 0 unspecified atom stereocenters. The fourth-order valence-corrected chi connectivity index (χ4v) is 3.17. The van der Waals surface area contributed by atoms with Crippen LogP contribution in [0.3, 0.4) is 0 Å². The van der Waals surface area contributed by atoms with Gasteiger partial charge in [0.15, 0.2) is 0 Å². The van der Waals surface area contributed by atoms with Crippen molar-refractivity contribution < 1.29 is 9.59 Å². The van der Waals surface area contributed by atoms with Gasteiger partial charge >= 0.3 is 0 Å². The van der Waals surface area contributed by atoms with Gasteiger partial charge in [-0.1, -0.05) is 29.8 Å². The van der Waals surface area contributed by atoms with Gasteiger partial charge in [0.2, 0.25) is 5.78 Å². The number of hydrogen-bond acceptors (Lipinski definition) is 5. The van der Waals surface area contributed by atoms with E-state index in [9.17, 15) is 9.59 Å². The zero-order valence-electron chi connectivity index (χ0n) is 15.3. The fraction of sp³-hybridized carbons (Fsp3) is 0.263. The Kier molecular flexibility index (Phi) is 6.16. The molecule has 0 saturated carbocycles. The summed E-state index contributed by atoms with van der Waals surface area (Å²) in [5, 5.41) is 6.67. The average Bonchev–Trinajstić information content (AvgIpc) is 2.71. The molecule has 1 fully saturated rings. The van der Waals surface area contributed by atoms with E-state index in [2.05, 4.69) is 16.7 Å². The quantitative estimate of drug-likeness (QED) is 0.326. The number of amides is 1. The second kappa shape index (κ2) is 8.58. The zero-order valence-corrected chi connectivity index (χ0v) is 16.8. The second-order valence-electron chi connectivity index (χ2n) is 6.24. The van der Waals surface area contributed by atoms with Crippen molar-refractivity contribution in [2.24, 2.45) is 10.1 Å². The van der Waals surface area contributed by atoms with E-state index >= 15 is 0 Å². The summed E-state index contributed by atoms with van der Waals surface area (Å²) in [7, 11) is 1.66. The first-order valence-electron chi connectivity index (χ1n) is 8.61. The SMILES string of the molecule is C=C1C=CC(N2CCN(C(=O)C(=O)c3ccc(Cl)c(Cl)c3)CC2)=NN1/C=N\C. The molecule has 1 aromatic rings. The standard InChI is InChI=1S/C19H19Cl2N5O2/c1-13-3-6-17(23-26(13)12-22-2)24-7-9-25(10-8-24)19(28)18(27)14-4-5-15(20)16(21)11-14/h3-6,11-12H,1,7-10H2,2H3/b22-12-. The van der Waals surface area contributed by atoms with E-state index in [1.807, 2.05) is 17.1 Å². The van der Waals surface area contributed by atoms with Gasteiger partial charge in [-0.2, -0.15) is 0 Å². The van der Waals surface area contributed by atoms with E-state index in [0.29, 0.717) is 31.2 Å². The Bertz CT molecular complexity index is 902. The van der Waals surface area contributed by atoms with Gasteiger partial charge < -0.3 is 9.80 Å². The number of rotatable bonds is 3. The number of benzene rings is 1. The number of carbonyl (C=O) groups is 2. The summed E-state index contributed by atoms with van der Waals surface area (Å²) in [5.41, 5.74) is 0.949. The minimum Gasteiger partial charge on any atom is -0.352 e. The molecule has 1 amide bonds. The number of hydrogen-bond donors (Lipinski definition) is 0. The molecule has 2 heterocycles. The normalized spacial score (nSPS) is 17.3. The number of carbonyl (C=O) groups excluding carboxylic acids is 2. The van der Waals surface area contributed by atoms with E-state index in [1.54, 1.807) is 23.3 Å². The first-order chi connectivity index (χ1) is 13.4. The van der Waals surface area contributed by atoms with Gasteiger partial charge in [0.25, 0.3) is 5.91 Å². The van der Waals surface area contributed by atoms with E-state index in [1.165, 1.54) is 18.2 Å². The van der Waals surface area contributed by atoms with E-state index in [0.717, 1.165) is 11.5 Å². The Hall–Kier alpha value is -2.64. The molecule has 0 aliphatic carbocycles. The van der Waals surface area contributed by atoms with Gasteiger partial charge in [0, 0.05) is 38.8 Å². The van der Waals surface area contributed by atoms with Crippen LogP contribution in [0.15, 0.2) is 52.7 Å². The third-order valence-corrected chi connectivity index (χ3v) is 5.16. The lowest BCUT2D eigenvalue weighted by Gasteiger charge is -2.36. The molecule has 2 aliphatic rings. The maximum absolute atomic E-state index is 12.6. The van der Waals surface area contributed by atoms with Crippen molar-refractivity contribution in [1.29, 1.82) is 0 Å². The molecule has 7 nitrogen and oxygen atoms in total. The molecule has 0 bridgehead atoms. The minimum atomic E-state index is -0.594. The number of ketones is 1. The van der Waals surface area contributed by atoms with Crippen molar-refractivity contribution >= 4 is 47.1 Å². The van der Waals surface area contributed by atoms with E-state index in [4.69, 9.17) is 23.2 Å². The lowest BCUT2D eigenvalue weighted by Crippen LogP contribution is -2.52. The molecule has 9 heteroatoms. The van der Waals surface area contributed by atoms with Gasteiger partial charge in [-0.25, -0.2) is 5.01 Å². The van der Waals surface area contributed by atoms with Crippen LogP contribution in [0.2, 0.25) is 10.0 Å². The molecule has 0 atom stereocenters. The first kappa shape index (κ1) is 20.1. The van der Waals surface area contributed by atoms with Crippen LogP contribution in [0.5, 0.6) is 0 Å². The predicted molar refractivity (Wildman–Crippen MR) is 111 cm³/mol. The van der Waals surface area contributed by atoms with Crippen LogP contribution in [-0.2, 0) is 4.79 Å². The summed E-state index contributed by atoms with van der Waals surface area (Å²) in [6, 6.07) is 4.43. The molecule has 2 aliphatic heterocycles. The Morgan fingerprint density at radius 3 is 2.50 bits per heavy atom. The van der Waals surface area contributed by atoms with Crippen LogP contribution in [0.25, 0.3) is 0 Å². The van der Waals surface area contributed by atoms with Crippen molar-refractivity contribution in [2.75, 3.05) is 33.2 Å². The van der Waals surface area contributed by atoms with Crippen LogP contribution in [0.1, 0.15) is 10.4 Å². The number of Topliss-reactive ketones (excluding diaryl/α,β-unsaturated/α-hetero) is 1. The molecule has 0 spiro atoms. The summed E-state index contributed by atoms with van der Waals surface area (Å²) in [6.45, 7) is 5.86. The van der Waals surface area contributed by atoms with Gasteiger partial charge in [-0.05, 0) is 30.4 Å². The molecular formula is C19H19Cl2N5O2. The van der Waals surface area contributed by atoms with E-state index in [-0.39, 0.29) is 10.6 Å². The second-order valence-corrected chi connectivity index (χ2v) is 7.05. The van der Waals surface area contributed by atoms with Crippen molar-refractivity contribution in [3.63, 3.8) is 0 Å². The highest BCUT2D eigenvalue weighted by atomic mass is 35.5. The van der Waals surface area contributed by atoms with Gasteiger partial charge in [0.1, 0.15) is 12.2 Å². The highest BCUT2D eigenvalue weighted by molar-refractivity contribution is 6.45. The molecule has 146 valence electrons. The monoisotopic (exact) mass is 419 g/mol. The molecule has 0 N–H and O–H groups in total. The molecular weight excluding hydrogens is 401 g/mol. The lowest BCUT2D eigenvalue weighted by molar-refractivity contribution is -0.127. The Balaban J connectivity index is 1.63. The molecule has 0 aromatic heterocycles. The van der Waals surface area contributed by atoms with Gasteiger partial charge in [0.05, 0.1) is 15.7 Å². The summed E-state index contributed by atoms with van der Waals surface area (Å²) in [6.07, 6.45) is 5.32. The minimum absolute atomic E-state index is 0.231. The molecule has 3 rings (SSSR count). The van der Waals surface area contributed by atoms with Crippen molar-refractivity contribution in [3.8, 4) is 0 Å². The topological polar surface area (TPSA) is 68.6 Å². The summed E-state index contributed by atoms with van der Waals surface area (Å²) < 4.78 is 0. The number of piperazine rings is 1. The number of amidine groups is 1. The highest BCUT2D eigenvalue weighted by Crippen LogP contribution is 2.23. The summed E-state index contributed by atoms with van der Waals surface area (Å²) >= 11 is 11.8. The molecule has 1 aromatic carbocycles. The molecule has 1 saturated heterocycles. The Morgan fingerprint density at radius 2 is 1.86 bits per heavy atom. The average molecular weight is 420 g/mol. The number of aliphatic imine (C=N–C) groups is 1. The summed E-state index contributed by atoms with van der Waals surface area (Å²) in [4.78, 5) is 32.6. The van der Waals surface area contributed by atoms with Crippen LogP contribution in [-0.4, -0.2) is 71.9 Å². The number of halogens is 2. The highest BCUT2D eigenvalue weighted by Gasteiger charge is 2.28. The van der Waals surface area contributed by atoms with Gasteiger partial charge in [-0.15, -0.1) is 5.10 Å². The first-order valence-corrected chi connectivity index (χ1v) is 9.37. The third-order valence-electron chi connectivity index (χ3n) is 4.42. The van der Waals surface area contributed by atoms with Crippen LogP contribution < -0.4 is 0 Å². The molecule has 0 radical (unpaired) electrons. The maximum Gasteiger partial charge on any atom is 0.295 e. The Morgan fingerprint density at radius 1 is 1.14 bits per heavy atom. The van der Waals surface area contributed by atoms with Crippen LogP contribution in [0.4, 0.5) is 0 Å². The number of nitrogens with zero attached hydrogens (tertiary/aromatic N) is 5. The van der Waals surface area contributed by atoms with Crippen molar-refractivity contribution in [3.05, 3.63) is 58.2 Å². The van der Waals surface area contributed by atoms with Crippen molar-refractivity contribution in [1.82, 2.24) is 14.8 Å².